The molecule has 0 unspecified atom stereocenters. The summed E-state index contributed by atoms with van der Waals surface area (Å²) in [5, 5.41) is 17.5. The highest BCUT2D eigenvalue weighted by atomic mass is 32.2. The van der Waals surface area contributed by atoms with Crippen LogP contribution in [0.2, 0.25) is 0 Å². The Morgan fingerprint density at radius 3 is 2.39 bits per heavy atom. The lowest BCUT2D eigenvalue weighted by Crippen LogP contribution is -2.27. The van der Waals surface area contributed by atoms with Gasteiger partial charge in [0, 0.05) is 12.0 Å². The zero-order valence-corrected chi connectivity index (χ0v) is 13.9. The molecule has 0 bridgehead atoms. The number of anilines is 1. The lowest BCUT2D eigenvalue weighted by atomic mass is 9.84. The zero-order chi connectivity index (χ0) is 17.1. The van der Waals surface area contributed by atoms with Crippen molar-refractivity contribution in [1.29, 1.82) is 5.26 Å². The van der Waals surface area contributed by atoms with Crippen LogP contribution in [0.15, 0.2) is 53.4 Å². The molecule has 120 valence electrons. The average molecular weight is 329 g/mol. The summed E-state index contributed by atoms with van der Waals surface area (Å²) in [5.41, 5.74) is 1.86. The number of benzene rings is 2. The van der Waals surface area contributed by atoms with Gasteiger partial charge in [-0.3, -0.25) is 0 Å². The van der Waals surface area contributed by atoms with Crippen LogP contribution in [0, 0.1) is 11.3 Å². The Morgan fingerprint density at radius 2 is 1.83 bits per heavy atom. The second kappa shape index (κ2) is 6.41. The van der Waals surface area contributed by atoms with Gasteiger partial charge in [-0.05, 0) is 23.8 Å². The molecule has 0 aliphatic carbocycles. The van der Waals surface area contributed by atoms with Crippen LogP contribution in [0.25, 0.3) is 0 Å². The van der Waals surface area contributed by atoms with Crippen molar-refractivity contribution in [2.45, 2.75) is 24.2 Å². The van der Waals surface area contributed by atoms with Gasteiger partial charge in [0.05, 0.1) is 16.1 Å². The number of primary sulfonamides is 1. The summed E-state index contributed by atoms with van der Waals surface area (Å²) >= 11 is 0. The summed E-state index contributed by atoms with van der Waals surface area (Å²) in [6, 6.07) is 16.3. The molecule has 0 aliphatic rings. The Balaban J connectivity index is 2.23. The van der Waals surface area contributed by atoms with E-state index in [0.29, 0.717) is 12.2 Å². The van der Waals surface area contributed by atoms with Crippen LogP contribution in [0.5, 0.6) is 0 Å². The highest BCUT2D eigenvalue weighted by molar-refractivity contribution is 7.89. The topological polar surface area (TPSA) is 96.0 Å². The van der Waals surface area contributed by atoms with Crippen molar-refractivity contribution in [1.82, 2.24) is 0 Å². The maximum Gasteiger partial charge on any atom is 0.238 e. The molecule has 0 radical (unpaired) electrons. The molecule has 0 fully saturated rings. The predicted molar refractivity (Wildman–Crippen MR) is 90.5 cm³/mol. The number of nitrogens with zero attached hydrogens (tertiary/aromatic N) is 1. The Labute approximate surface area is 136 Å². The number of nitriles is 1. The van der Waals surface area contributed by atoms with Gasteiger partial charge in [-0.1, -0.05) is 44.2 Å². The third kappa shape index (κ3) is 4.09. The van der Waals surface area contributed by atoms with Gasteiger partial charge in [0.25, 0.3) is 0 Å². The number of nitrogens with one attached hydrogen (secondary N) is 1. The van der Waals surface area contributed by atoms with Crippen LogP contribution in [0.1, 0.15) is 25.0 Å². The molecule has 0 aromatic heterocycles. The van der Waals surface area contributed by atoms with Gasteiger partial charge in [-0.2, -0.15) is 5.26 Å². The Hall–Kier alpha value is -2.36. The van der Waals surface area contributed by atoms with Crippen molar-refractivity contribution in [2.75, 3.05) is 11.9 Å². The van der Waals surface area contributed by atoms with E-state index in [1.165, 1.54) is 17.7 Å². The number of rotatable bonds is 5. The first-order valence-electron chi connectivity index (χ1n) is 7.10. The van der Waals surface area contributed by atoms with E-state index >= 15 is 0 Å². The summed E-state index contributed by atoms with van der Waals surface area (Å²) in [4.78, 5) is -0.0677. The smallest absolute Gasteiger partial charge is 0.238 e. The van der Waals surface area contributed by atoms with Crippen molar-refractivity contribution in [3.05, 3.63) is 59.7 Å². The molecule has 0 saturated carbocycles. The Kier molecular flexibility index (Phi) is 4.73. The van der Waals surface area contributed by atoms with Gasteiger partial charge in [0.1, 0.15) is 6.07 Å². The molecule has 3 N–H and O–H groups in total. The third-order valence-corrected chi connectivity index (χ3v) is 4.63. The maximum absolute atomic E-state index is 11.4. The zero-order valence-electron chi connectivity index (χ0n) is 13.1. The number of hydrogen-bond donors (Lipinski definition) is 2. The van der Waals surface area contributed by atoms with E-state index in [1.54, 1.807) is 6.07 Å². The van der Waals surface area contributed by atoms with E-state index in [0.717, 1.165) is 0 Å². The van der Waals surface area contributed by atoms with Crippen LogP contribution < -0.4 is 10.5 Å². The van der Waals surface area contributed by atoms with E-state index < -0.39 is 10.0 Å². The van der Waals surface area contributed by atoms with Gasteiger partial charge in [0.2, 0.25) is 10.0 Å². The molecule has 5 nitrogen and oxygen atoms in total. The summed E-state index contributed by atoms with van der Waals surface area (Å²) in [5.74, 6) is 0. The standard InChI is InChI=1S/C17H19N3O2S/c1-17(2,14-6-4-3-5-7-14)12-20-16-9-8-15(23(19,21)22)10-13(16)11-18/h3-10,20H,12H2,1-2H3,(H2,19,21,22). The fourth-order valence-corrected chi connectivity index (χ4v) is 2.79. The third-order valence-electron chi connectivity index (χ3n) is 3.72. The second-order valence-corrected chi connectivity index (χ2v) is 7.53. The van der Waals surface area contributed by atoms with E-state index in [2.05, 4.69) is 31.3 Å². The lowest BCUT2D eigenvalue weighted by molar-refractivity contribution is 0.557. The van der Waals surface area contributed by atoms with E-state index in [9.17, 15) is 13.7 Å². The molecular formula is C17H19N3O2S. The first-order valence-corrected chi connectivity index (χ1v) is 8.65. The molecule has 0 spiro atoms. The summed E-state index contributed by atoms with van der Waals surface area (Å²) in [6.45, 7) is 4.79. The van der Waals surface area contributed by atoms with Crippen molar-refractivity contribution in [2.24, 2.45) is 5.14 Å². The quantitative estimate of drug-likeness (QED) is 0.881. The van der Waals surface area contributed by atoms with Crippen molar-refractivity contribution >= 4 is 15.7 Å². The Morgan fingerprint density at radius 1 is 1.17 bits per heavy atom. The maximum atomic E-state index is 11.4. The van der Waals surface area contributed by atoms with E-state index in [1.807, 2.05) is 24.3 Å². The first kappa shape index (κ1) is 17.0. The molecule has 0 amide bonds. The lowest BCUT2D eigenvalue weighted by Gasteiger charge is -2.26. The highest BCUT2D eigenvalue weighted by Crippen LogP contribution is 2.25. The largest absolute Gasteiger partial charge is 0.383 e. The molecule has 0 heterocycles. The van der Waals surface area contributed by atoms with Crippen LogP contribution in [0.3, 0.4) is 0 Å². The molecule has 2 rings (SSSR count). The minimum atomic E-state index is -3.82. The van der Waals surface area contributed by atoms with Crippen LogP contribution in [0.4, 0.5) is 5.69 Å². The van der Waals surface area contributed by atoms with Crippen molar-refractivity contribution < 1.29 is 8.42 Å². The average Bonchev–Trinajstić information content (AvgIpc) is 2.52. The van der Waals surface area contributed by atoms with Gasteiger partial charge in [-0.15, -0.1) is 0 Å². The number of nitrogens with two attached hydrogens (primary N) is 1. The molecule has 0 atom stereocenters. The van der Waals surface area contributed by atoms with Crippen molar-refractivity contribution in [3.63, 3.8) is 0 Å². The van der Waals surface area contributed by atoms with Gasteiger partial charge < -0.3 is 5.32 Å². The molecule has 23 heavy (non-hydrogen) atoms. The number of sulfonamides is 1. The Bertz CT molecular complexity index is 838. The minimum absolute atomic E-state index is 0.0677. The fraction of sp³-hybridized carbons (Fsp3) is 0.235. The highest BCUT2D eigenvalue weighted by Gasteiger charge is 2.21. The number of hydrogen-bond acceptors (Lipinski definition) is 4. The summed E-state index contributed by atoms with van der Waals surface area (Å²) in [7, 11) is -3.82. The van der Waals surface area contributed by atoms with Crippen LogP contribution in [-0.2, 0) is 15.4 Å². The van der Waals surface area contributed by atoms with Gasteiger partial charge >= 0.3 is 0 Å². The molecule has 2 aromatic rings. The van der Waals surface area contributed by atoms with Crippen LogP contribution >= 0.6 is 0 Å². The SMILES string of the molecule is CC(C)(CNc1ccc(S(N)(=O)=O)cc1C#N)c1ccccc1. The van der Waals surface area contributed by atoms with E-state index in [-0.39, 0.29) is 15.9 Å². The monoisotopic (exact) mass is 329 g/mol. The predicted octanol–water partition coefficient (Wildman–Crippen LogP) is 2.60. The molecule has 6 heteroatoms. The van der Waals surface area contributed by atoms with Gasteiger partial charge in [0.15, 0.2) is 0 Å². The second-order valence-electron chi connectivity index (χ2n) is 5.97. The molecular weight excluding hydrogens is 310 g/mol. The fourth-order valence-electron chi connectivity index (χ4n) is 2.25. The van der Waals surface area contributed by atoms with Crippen molar-refractivity contribution in [3.8, 4) is 6.07 Å². The minimum Gasteiger partial charge on any atom is -0.383 e. The van der Waals surface area contributed by atoms with E-state index in [4.69, 9.17) is 5.14 Å². The molecule has 0 aliphatic heterocycles. The first-order chi connectivity index (χ1) is 10.7. The van der Waals surface area contributed by atoms with Gasteiger partial charge in [-0.25, -0.2) is 13.6 Å². The molecule has 0 saturated heterocycles. The van der Waals surface area contributed by atoms with Crippen LogP contribution in [-0.4, -0.2) is 15.0 Å². The molecule has 2 aromatic carbocycles. The summed E-state index contributed by atoms with van der Waals surface area (Å²) < 4.78 is 22.7. The summed E-state index contributed by atoms with van der Waals surface area (Å²) in [6.07, 6.45) is 0. The normalized spacial score (nSPS) is 11.7.